The topological polar surface area (TPSA) is 74.2 Å². The molecule has 0 aromatic heterocycles. The van der Waals surface area contributed by atoms with Gasteiger partial charge in [-0.3, -0.25) is 5.32 Å². The first-order chi connectivity index (χ1) is 16.7. The molecule has 1 amide bonds. The van der Waals surface area contributed by atoms with Gasteiger partial charge in [0, 0.05) is 22.6 Å². The first-order valence-electron chi connectivity index (χ1n) is 12.4. The molecule has 1 heterocycles. The molecule has 0 aliphatic carbocycles. The number of benzene rings is 2. The Morgan fingerprint density at radius 2 is 1.72 bits per heavy atom. The molecule has 2 aromatic rings. The Kier molecular flexibility index (Phi) is 8.66. The van der Waals surface area contributed by atoms with E-state index in [2.05, 4.69) is 58.2 Å². The SMILES string of the molecule is CC(C)(C)CCNC(=O)O[C@H]1N[C@@H](CC(C)(C)C)[C@](C#N)(c2ccc(Cl)cc2)[C@H]1c1cccc(Cl)c1. The van der Waals surface area contributed by atoms with Crippen molar-refractivity contribution in [3.63, 3.8) is 0 Å². The van der Waals surface area contributed by atoms with Crippen LogP contribution in [0.4, 0.5) is 4.79 Å². The number of nitrogens with one attached hydrogen (secondary N) is 2. The third kappa shape index (κ3) is 6.73. The molecule has 0 saturated carbocycles. The largest absolute Gasteiger partial charge is 0.430 e. The average Bonchev–Trinajstić information content (AvgIpc) is 3.05. The molecule has 7 heteroatoms. The van der Waals surface area contributed by atoms with E-state index in [1.165, 1.54) is 0 Å². The molecular formula is C29H37Cl2N3O2. The molecule has 0 radical (unpaired) electrons. The number of hydrogen-bond acceptors (Lipinski definition) is 4. The van der Waals surface area contributed by atoms with Crippen molar-refractivity contribution in [2.75, 3.05) is 6.54 Å². The fraction of sp³-hybridized carbons (Fsp3) is 0.517. The number of carbonyl (C=O) groups excluding carboxylic acids is 1. The Morgan fingerprint density at radius 3 is 2.28 bits per heavy atom. The van der Waals surface area contributed by atoms with Crippen LogP contribution < -0.4 is 10.6 Å². The maximum Gasteiger partial charge on any atom is 0.408 e. The lowest BCUT2D eigenvalue weighted by Crippen LogP contribution is -2.44. The van der Waals surface area contributed by atoms with E-state index < -0.39 is 23.7 Å². The maximum atomic E-state index is 12.9. The van der Waals surface area contributed by atoms with Crippen LogP contribution in [0, 0.1) is 22.2 Å². The summed E-state index contributed by atoms with van der Waals surface area (Å²) in [7, 11) is 0. The summed E-state index contributed by atoms with van der Waals surface area (Å²) in [6, 6.07) is 17.2. The van der Waals surface area contributed by atoms with E-state index in [4.69, 9.17) is 27.9 Å². The van der Waals surface area contributed by atoms with Gasteiger partial charge in [-0.1, -0.05) is 89.0 Å². The minimum atomic E-state index is -1.03. The number of alkyl carbamates (subject to hydrolysis) is 1. The lowest BCUT2D eigenvalue weighted by atomic mass is 9.64. The lowest BCUT2D eigenvalue weighted by Gasteiger charge is -2.37. The van der Waals surface area contributed by atoms with Gasteiger partial charge in [-0.25, -0.2) is 4.79 Å². The molecule has 2 aromatic carbocycles. The van der Waals surface area contributed by atoms with Crippen LogP contribution in [0.3, 0.4) is 0 Å². The predicted octanol–water partition coefficient (Wildman–Crippen LogP) is 7.44. The first-order valence-corrected chi connectivity index (χ1v) is 13.1. The van der Waals surface area contributed by atoms with Crippen molar-refractivity contribution in [3.8, 4) is 6.07 Å². The highest BCUT2D eigenvalue weighted by molar-refractivity contribution is 6.30. The smallest absolute Gasteiger partial charge is 0.408 e. The van der Waals surface area contributed by atoms with Crippen molar-refractivity contribution < 1.29 is 9.53 Å². The van der Waals surface area contributed by atoms with E-state index in [0.29, 0.717) is 23.0 Å². The number of carbonyl (C=O) groups is 1. The summed E-state index contributed by atoms with van der Waals surface area (Å²) in [4.78, 5) is 12.9. The summed E-state index contributed by atoms with van der Waals surface area (Å²) in [6.07, 6.45) is 0.257. The zero-order chi connectivity index (χ0) is 26.7. The Bertz CT molecular complexity index is 1100. The number of nitrogens with zero attached hydrogens (tertiary/aromatic N) is 1. The second-order valence-electron chi connectivity index (χ2n) is 12.1. The fourth-order valence-corrected chi connectivity index (χ4v) is 5.29. The van der Waals surface area contributed by atoms with Gasteiger partial charge in [0.15, 0.2) is 6.23 Å². The van der Waals surface area contributed by atoms with Gasteiger partial charge in [0.1, 0.15) is 5.41 Å². The molecule has 4 atom stereocenters. The van der Waals surface area contributed by atoms with Gasteiger partial charge in [-0.05, 0) is 59.1 Å². The molecular weight excluding hydrogens is 493 g/mol. The minimum Gasteiger partial charge on any atom is -0.430 e. The highest BCUT2D eigenvalue weighted by Crippen LogP contribution is 2.51. The van der Waals surface area contributed by atoms with Gasteiger partial charge in [0.2, 0.25) is 0 Å². The van der Waals surface area contributed by atoms with E-state index >= 15 is 0 Å². The van der Waals surface area contributed by atoms with Gasteiger partial charge >= 0.3 is 6.09 Å². The van der Waals surface area contributed by atoms with E-state index in [0.717, 1.165) is 17.5 Å². The Hall–Kier alpha value is -2.26. The zero-order valence-corrected chi connectivity index (χ0v) is 23.5. The molecule has 36 heavy (non-hydrogen) atoms. The molecule has 2 N–H and O–H groups in total. The summed E-state index contributed by atoms with van der Waals surface area (Å²) in [5, 5.41) is 18.4. The molecule has 0 bridgehead atoms. The van der Waals surface area contributed by atoms with Gasteiger partial charge in [-0.15, -0.1) is 0 Å². The molecule has 0 spiro atoms. The molecule has 1 fully saturated rings. The standard InChI is InChI=1S/C29H37Cl2N3O2/c1-27(2,3)14-15-33-26(35)36-25-24(19-8-7-9-22(31)16-19)29(18-32,20-10-12-21(30)13-11-20)23(34-25)17-28(4,5)6/h7-13,16,23-25,34H,14-15,17H2,1-6H3,(H,33,35)/t23-,24-,25+,29-/m0/s1. The normalized spacial score (nSPS) is 24.2. The van der Waals surface area contributed by atoms with Crippen molar-refractivity contribution in [2.24, 2.45) is 10.8 Å². The molecule has 0 unspecified atom stereocenters. The Morgan fingerprint density at radius 1 is 1.06 bits per heavy atom. The minimum absolute atomic E-state index is 0.0879. The molecule has 1 saturated heterocycles. The molecule has 1 aliphatic rings. The van der Waals surface area contributed by atoms with Crippen molar-refractivity contribution in [1.82, 2.24) is 10.6 Å². The Labute approximate surface area is 225 Å². The first kappa shape index (κ1) is 28.3. The van der Waals surface area contributed by atoms with Crippen LogP contribution in [-0.2, 0) is 10.2 Å². The van der Waals surface area contributed by atoms with Gasteiger partial charge in [0.05, 0.1) is 12.0 Å². The quantitative estimate of drug-likeness (QED) is 0.407. The van der Waals surface area contributed by atoms with Gasteiger partial charge in [0.25, 0.3) is 0 Å². The van der Waals surface area contributed by atoms with Crippen LogP contribution in [0.25, 0.3) is 0 Å². The number of rotatable bonds is 6. The highest BCUT2D eigenvalue weighted by atomic mass is 35.5. The van der Waals surface area contributed by atoms with Gasteiger partial charge in [-0.2, -0.15) is 5.26 Å². The van der Waals surface area contributed by atoms with Crippen LogP contribution in [0.5, 0.6) is 0 Å². The molecule has 1 aliphatic heterocycles. The highest BCUT2D eigenvalue weighted by Gasteiger charge is 2.59. The van der Waals surface area contributed by atoms with Crippen LogP contribution in [0.1, 0.15) is 71.4 Å². The third-order valence-corrected chi connectivity index (χ3v) is 7.11. The van der Waals surface area contributed by atoms with Crippen molar-refractivity contribution in [2.45, 2.75) is 78.0 Å². The second-order valence-corrected chi connectivity index (χ2v) is 12.9. The summed E-state index contributed by atoms with van der Waals surface area (Å²) in [5.41, 5.74) is 0.619. The van der Waals surface area contributed by atoms with Crippen molar-refractivity contribution >= 4 is 29.3 Å². The van der Waals surface area contributed by atoms with E-state index in [1.807, 2.05) is 30.3 Å². The van der Waals surface area contributed by atoms with E-state index in [1.54, 1.807) is 18.2 Å². The van der Waals surface area contributed by atoms with Crippen LogP contribution in [0.15, 0.2) is 48.5 Å². The summed E-state index contributed by atoms with van der Waals surface area (Å²) in [5.74, 6) is -0.497. The molecule has 194 valence electrons. The number of hydrogen-bond donors (Lipinski definition) is 2. The maximum absolute atomic E-state index is 12.9. The predicted molar refractivity (Wildman–Crippen MR) is 146 cm³/mol. The number of halogens is 2. The summed E-state index contributed by atoms with van der Waals surface area (Å²) < 4.78 is 6.00. The van der Waals surface area contributed by atoms with Crippen molar-refractivity contribution in [1.29, 1.82) is 5.26 Å². The number of ether oxygens (including phenoxy) is 1. The fourth-order valence-electron chi connectivity index (χ4n) is 4.97. The van der Waals surface area contributed by atoms with Gasteiger partial charge < -0.3 is 10.1 Å². The van der Waals surface area contributed by atoms with Crippen molar-refractivity contribution in [3.05, 3.63) is 69.7 Å². The zero-order valence-electron chi connectivity index (χ0n) is 22.0. The number of amides is 1. The second kappa shape index (κ2) is 11.0. The van der Waals surface area contributed by atoms with E-state index in [9.17, 15) is 10.1 Å². The Balaban J connectivity index is 2.08. The molecule has 5 nitrogen and oxygen atoms in total. The van der Waals surface area contributed by atoms with Crippen LogP contribution in [-0.4, -0.2) is 24.9 Å². The monoisotopic (exact) mass is 529 g/mol. The third-order valence-electron chi connectivity index (χ3n) is 6.62. The van der Waals surface area contributed by atoms with E-state index in [-0.39, 0.29) is 16.9 Å². The summed E-state index contributed by atoms with van der Waals surface area (Å²) >= 11 is 12.6. The average molecular weight is 531 g/mol. The number of nitriles is 1. The van der Waals surface area contributed by atoms with Crippen LogP contribution >= 0.6 is 23.2 Å². The lowest BCUT2D eigenvalue weighted by molar-refractivity contribution is 0.0740. The summed E-state index contributed by atoms with van der Waals surface area (Å²) in [6.45, 7) is 13.3. The van der Waals surface area contributed by atoms with Crippen LogP contribution in [0.2, 0.25) is 10.0 Å². The molecule has 3 rings (SSSR count).